The molecule has 0 aliphatic rings. The molecule has 1 amide bonds. The van der Waals surface area contributed by atoms with Crippen LogP contribution in [-0.4, -0.2) is 20.9 Å². The molecule has 0 unspecified atom stereocenters. The Hall–Kier alpha value is -1.40. The van der Waals surface area contributed by atoms with E-state index in [-0.39, 0.29) is 10.5 Å². The van der Waals surface area contributed by atoms with Crippen LogP contribution in [0, 0.1) is 0 Å². The fourth-order valence-corrected chi connectivity index (χ4v) is 2.60. The van der Waals surface area contributed by atoms with Crippen molar-refractivity contribution >= 4 is 15.9 Å². The second kappa shape index (κ2) is 6.51. The summed E-state index contributed by atoms with van der Waals surface area (Å²) in [6.07, 6.45) is 2.80. The first-order valence-corrected chi connectivity index (χ1v) is 7.35. The van der Waals surface area contributed by atoms with Crippen molar-refractivity contribution in [3.63, 3.8) is 0 Å². The Bertz CT molecular complexity index is 512. The largest absolute Gasteiger partial charge is 0.366 e. The van der Waals surface area contributed by atoms with E-state index in [0.29, 0.717) is 6.54 Å². The van der Waals surface area contributed by atoms with Crippen LogP contribution in [0.1, 0.15) is 36.5 Å². The van der Waals surface area contributed by atoms with Gasteiger partial charge in [0.1, 0.15) is 0 Å². The Balaban J connectivity index is 2.78. The van der Waals surface area contributed by atoms with Gasteiger partial charge in [-0.25, -0.2) is 13.1 Å². The average Bonchev–Trinajstić information content (AvgIpc) is 2.35. The molecule has 1 rings (SSSR count). The van der Waals surface area contributed by atoms with Crippen molar-refractivity contribution in [3.05, 3.63) is 29.8 Å². The molecule has 0 heterocycles. The minimum Gasteiger partial charge on any atom is -0.366 e. The van der Waals surface area contributed by atoms with Crippen molar-refractivity contribution in [1.29, 1.82) is 0 Å². The number of unbranched alkanes of at least 4 members (excludes halogenated alkanes) is 2. The Morgan fingerprint density at radius 2 is 2.06 bits per heavy atom. The molecule has 0 radical (unpaired) electrons. The number of carbonyl (C=O) groups is 1. The molecular weight excluding hydrogens is 252 g/mol. The smallest absolute Gasteiger partial charge is 0.248 e. The Morgan fingerprint density at radius 1 is 1.33 bits per heavy atom. The van der Waals surface area contributed by atoms with Gasteiger partial charge in [-0.1, -0.05) is 25.8 Å². The van der Waals surface area contributed by atoms with E-state index >= 15 is 0 Å². The summed E-state index contributed by atoms with van der Waals surface area (Å²) in [5, 5.41) is 0. The zero-order chi connectivity index (χ0) is 13.6. The number of nitrogens with two attached hydrogens (primary N) is 1. The van der Waals surface area contributed by atoms with E-state index in [1.165, 1.54) is 24.3 Å². The summed E-state index contributed by atoms with van der Waals surface area (Å²) < 4.78 is 26.3. The van der Waals surface area contributed by atoms with E-state index in [9.17, 15) is 13.2 Å². The molecule has 0 saturated carbocycles. The Labute approximate surface area is 107 Å². The third-order valence-electron chi connectivity index (χ3n) is 2.50. The van der Waals surface area contributed by atoms with Crippen molar-refractivity contribution in [3.8, 4) is 0 Å². The van der Waals surface area contributed by atoms with Gasteiger partial charge in [0.2, 0.25) is 15.9 Å². The maximum Gasteiger partial charge on any atom is 0.248 e. The number of amides is 1. The van der Waals surface area contributed by atoms with Gasteiger partial charge in [-0.2, -0.15) is 0 Å². The lowest BCUT2D eigenvalue weighted by Crippen LogP contribution is -2.25. The lowest BCUT2D eigenvalue weighted by molar-refractivity contribution is 0.1000. The average molecular weight is 270 g/mol. The molecule has 6 heteroatoms. The van der Waals surface area contributed by atoms with Gasteiger partial charge in [-0.15, -0.1) is 0 Å². The maximum absolute atomic E-state index is 11.9. The summed E-state index contributed by atoms with van der Waals surface area (Å²) >= 11 is 0. The summed E-state index contributed by atoms with van der Waals surface area (Å²) in [4.78, 5) is 11.1. The molecule has 3 N–H and O–H groups in total. The molecule has 100 valence electrons. The molecule has 0 fully saturated rings. The van der Waals surface area contributed by atoms with Crippen LogP contribution in [0.15, 0.2) is 29.2 Å². The first kappa shape index (κ1) is 14.7. The van der Waals surface area contributed by atoms with Gasteiger partial charge in [0.15, 0.2) is 0 Å². The highest BCUT2D eigenvalue weighted by Gasteiger charge is 2.14. The summed E-state index contributed by atoms with van der Waals surface area (Å²) in [6, 6.07) is 5.71. The van der Waals surface area contributed by atoms with E-state index in [1.54, 1.807) is 0 Å². The van der Waals surface area contributed by atoms with Crippen LogP contribution in [0.2, 0.25) is 0 Å². The number of benzene rings is 1. The van der Waals surface area contributed by atoms with Gasteiger partial charge in [0, 0.05) is 12.1 Å². The zero-order valence-corrected chi connectivity index (χ0v) is 11.2. The summed E-state index contributed by atoms with van der Waals surface area (Å²) in [7, 11) is -3.55. The van der Waals surface area contributed by atoms with Crippen molar-refractivity contribution in [2.24, 2.45) is 5.73 Å². The second-order valence-corrected chi connectivity index (χ2v) is 5.76. The van der Waals surface area contributed by atoms with E-state index in [1.807, 2.05) is 6.92 Å². The third-order valence-corrected chi connectivity index (χ3v) is 3.96. The normalized spacial score (nSPS) is 11.4. The van der Waals surface area contributed by atoms with E-state index in [2.05, 4.69) is 4.72 Å². The summed E-state index contributed by atoms with van der Waals surface area (Å²) in [5.41, 5.74) is 5.30. The van der Waals surface area contributed by atoms with E-state index < -0.39 is 15.9 Å². The van der Waals surface area contributed by atoms with Crippen molar-refractivity contribution in [2.45, 2.75) is 31.1 Å². The molecule has 0 aromatic heterocycles. The quantitative estimate of drug-likeness (QED) is 0.731. The second-order valence-electron chi connectivity index (χ2n) is 4.00. The van der Waals surface area contributed by atoms with Gasteiger partial charge in [-0.3, -0.25) is 4.79 Å². The SMILES string of the molecule is CCCCCNS(=O)(=O)c1cccc(C(N)=O)c1. The topological polar surface area (TPSA) is 89.3 Å². The van der Waals surface area contributed by atoms with E-state index in [0.717, 1.165) is 19.3 Å². The van der Waals surface area contributed by atoms with Gasteiger partial charge in [0.05, 0.1) is 4.90 Å². The predicted octanol–water partition coefficient (Wildman–Crippen LogP) is 1.25. The standard InChI is InChI=1S/C12H18N2O3S/c1-2-3-4-8-14-18(16,17)11-7-5-6-10(9-11)12(13)15/h5-7,9,14H,2-4,8H2,1H3,(H2,13,15). The highest BCUT2D eigenvalue weighted by atomic mass is 32.2. The van der Waals surface area contributed by atoms with Crippen molar-refractivity contribution < 1.29 is 13.2 Å². The first-order chi connectivity index (χ1) is 8.47. The van der Waals surface area contributed by atoms with Crippen molar-refractivity contribution in [1.82, 2.24) is 4.72 Å². The van der Waals surface area contributed by atoms with Gasteiger partial charge in [-0.05, 0) is 24.6 Å². The number of sulfonamides is 1. The lowest BCUT2D eigenvalue weighted by atomic mass is 10.2. The minimum atomic E-state index is -3.55. The van der Waals surface area contributed by atoms with Crippen LogP contribution in [-0.2, 0) is 10.0 Å². The van der Waals surface area contributed by atoms with Gasteiger partial charge in [0.25, 0.3) is 0 Å². The van der Waals surface area contributed by atoms with Crippen molar-refractivity contribution in [2.75, 3.05) is 6.54 Å². The maximum atomic E-state index is 11.9. The summed E-state index contributed by atoms with van der Waals surface area (Å²) in [6.45, 7) is 2.45. The van der Waals surface area contributed by atoms with E-state index in [4.69, 9.17) is 5.73 Å². The molecule has 1 aromatic rings. The molecule has 0 bridgehead atoms. The number of rotatable bonds is 7. The molecule has 0 saturated heterocycles. The fourth-order valence-electron chi connectivity index (χ4n) is 1.48. The number of carbonyl (C=O) groups excluding carboxylic acids is 1. The van der Waals surface area contributed by atoms with Crippen LogP contribution >= 0.6 is 0 Å². The van der Waals surface area contributed by atoms with Crippen LogP contribution in [0.4, 0.5) is 0 Å². The highest BCUT2D eigenvalue weighted by molar-refractivity contribution is 7.89. The van der Waals surface area contributed by atoms with Crippen LogP contribution < -0.4 is 10.5 Å². The molecule has 5 nitrogen and oxygen atoms in total. The van der Waals surface area contributed by atoms with Crippen LogP contribution in [0.5, 0.6) is 0 Å². The monoisotopic (exact) mass is 270 g/mol. The highest BCUT2D eigenvalue weighted by Crippen LogP contribution is 2.11. The first-order valence-electron chi connectivity index (χ1n) is 5.87. The van der Waals surface area contributed by atoms with Crippen LogP contribution in [0.25, 0.3) is 0 Å². The molecule has 18 heavy (non-hydrogen) atoms. The zero-order valence-electron chi connectivity index (χ0n) is 10.3. The third kappa shape index (κ3) is 4.12. The number of hydrogen-bond donors (Lipinski definition) is 2. The Morgan fingerprint density at radius 3 is 2.67 bits per heavy atom. The molecule has 0 aliphatic carbocycles. The number of hydrogen-bond acceptors (Lipinski definition) is 3. The molecule has 0 atom stereocenters. The number of nitrogens with one attached hydrogen (secondary N) is 1. The number of primary amides is 1. The fraction of sp³-hybridized carbons (Fsp3) is 0.417. The molecular formula is C12H18N2O3S. The summed E-state index contributed by atoms with van der Waals surface area (Å²) in [5.74, 6) is -0.641. The molecule has 1 aromatic carbocycles. The predicted molar refractivity (Wildman–Crippen MR) is 69.7 cm³/mol. The Kier molecular flexibility index (Phi) is 5.30. The van der Waals surface area contributed by atoms with Crippen LogP contribution in [0.3, 0.4) is 0 Å². The lowest BCUT2D eigenvalue weighted by Gasteiger charge is -2.07. The molecule has 0 aliphatic heterocycles. The minimum absolute atomic E-state index is 0.0651. The molecule has 0 spiro atoms. The van der Waals surface area contributed by atoms with Gasteiger partial charge >= 0.3 is 0 Å². The van der Waals surface area contributed by atoms with Gasteiger partial charge < -0.3 is 5.73 Å².